The number of ketones is 1. The molecule has 2 aromatic heterocycles. The molecule has 4 aliphatic heterocycles. The highest BCUT2D eigenvalue weighted by atomic mass is 16.7. The summed E-state index contributed by atoms with van der Waals surface area (Å²) in [5, 5.41) is 23.0. The zero-order chi connectivity index (χ0) is 50.7. The molecule has 18 heteroatoms. The number of ether oxygens (including phenoxy) is 8. The molecule has 6 rings (SSSR count). The molecule has 69 heavy (non-hydrogen) atoms. The number of amides is 1. The molecule has 18 nitrogen and oxygen atoms in total. The average molecular weight is 972 g/mol. The van der Waals surface area contributed by atoms with Crippen molar-refractivity contribution in [3.8, 4) is 11.3 Å². The number of aliphatic hydroxyl groups excluding tert-OH is 2. The lowest BCUT2D eigenvalue weighted by atomic mass is 9.73. The number of likely N-dealkylation sites (N-methyl/N-ethyl adjacent to an activating group) is 1. The van der Waals surface area contributed by atoms with Crippen molar-refractivity contribution < 1.29 is 62.5 Å². The van der Waals surface area contributed by atoms with Crippen LogP contribution in [-0.4, -0.2) is 171 Å². The number of unbranched alkanes of at least 4 members (excludes halogenated alkanes) is 1. The Hall–Kier alpha value is -3.59. The molecular weight excluding hydrogens is 891 g/mol. The van der Waals surface area contributed by atoms with Crippen molar-refractivity contribution in [3.05, 3.63) is 37.1 Å². The lowest BCUT2D eigenvalue weighted by molar-refractivity contribution is -0.319. The van der Waals surface area contributed by atoms with Gasteiger partial charge in [-0.3, -0.25) is 14.6 Å². The fraction of sp³-hybridized carbons (Fsp3) is 0.784. The molecule has 0 bridgehead atoms. The van der Waals surface area contributed by atoms with E-state index >= 15 is 4.79 Å². The summed E-state index contributed by atoms with van der Waals surface area (Å²) in [6.07, 6.45) is 1.02. The van der Waals surface area contributed by atoms with Crippen LogP contribution in [0.3, 0.4) is 0 Å². The monoisotopic (exact) mass is 972 g/mol. The summed E-state index contributed by atoms with van der Waals surface area (Å²) in [6.45, 7) is 19.1. The normalized spacial score (nSPS) is 40.6. The molecule has 2 aromatic rings. The van der Waals surface area contributed by atoms with Crippen molar-refractivity contribution in [2.75, 3.05) is 34.9 Å². The predicted octanol–water partition coefficient (Wildman–Crippen LogP) is 5.65. The fourth-order valence-corrected chi connectivity index (χ4v) is 11.6. The van der Waals surface area contributed by atoms with Gasteiger partial charge in [-0.15, -0.1) is 0 Å². The standard InChI is InChI=1S/C51H81N5O13/c1-15-38-51(10)43(56(48(61)69-51)22-17-16-21-55-27-36(53-28-55)35-19-18-20-52-26-35)31(4)40(57)29(2)24-50(9,63-14)45(68-47-41(58)37(54(11)12)23-30(3)64-47)32(5)42(33(6)46(60)66-38)67-39-25-49(8,62-13)44(59)34(7)65-39/h18-20,26-34,37-39,41-45,47,58-59H,15-17,21-25H2,1-14H3/t29-,30-,31+,32+,33-,34+,37+,38-,39?,41-,42?,43-,44+,45-,47+,49-,50-,51-/m1/s1. The molecular formula is C51H81N5O13. The number of aromatic nitrogens is 3. The lowest BCUT2D eigenvalue weighted by Gasteiger charge is -2.50. The van der Waals surface area contributed by atoms with Crippen molar-refractivity contribution in [3.63, 3.8) is 0 Å². The maximum atomic E-state index is 15.1. The first kappa shape index (κ1) is 54.7. The average Bonchev–Trinajstić information content (AvgIpc) is 3.90. The van der Waals surface area contributed by atoms with Gasteiger partial charge in [0.05, 0.1) is 59.6 Å². The largest absolute Gasteiger partial charge is 0.458 e. The Morgan fingerprint density at radius 2 is 1.61 bits per heavy atom. The number of imidazole rings is 1. The smallest absolute Gasteiger partial charge is 0.410 e. The Bertz CT molecular complexity index is 2030. The second-order valence-corrected chi connectivity index (χ2v) is 21.1. The van der Waals surface area contributed by atoms with E-state index in [9.17, 15) is 19.8 Å². The number of methoxy groups -OCH3 is 2. The topological polar surface area (TPSA) is 203 Å². The molecule has 0 saturated carbocycles. The molecule has 2 N–H and O–H groups in total. The number of hydrogen-bond acceptors (Lipinski definition) is 16. The van der Waals surface area contributed by atoms with E-state index in [0.29, 0.717) is 32.4 Å². The quantitative estimate of drug-likeness (QED) is 0.174. The van der Waals surface area contributed by atoms with Crippen LogP contribution in [0.4, 0.5) is 4.79 Å². The molecule has 18 atom stereocenters. The van der Waals surface area contributed by atoms with E-state index in [1.54, 1.807) is 58.4 Å². The first-order chi connectivity index (χ1) is 32.5. The predicted molar refractivity (Wildman–Crippen MR) is 254 cm³/mol. The number of pyridine rings is 1. The van der Waals surface area contributed by atoms with Gasteiger partial charge in [0, 0.05) is 81.7 Å². The molecule has 2 unspecified atom stereocenters. The van der Waals surface area contributed by atoms with E-state index in [1.807, 2.05) is 83.4 Å². The molecule has 1 amide bonds. The molecule has 0 radical (unpaired) electrons. The molecule has 0 spiro atoms. The molecule has 0 aromatic carbocycles. The third kappa shape index (κ3) is 11.5. The van der Waals surface area contributed by atoms with Gasteiger partial charge >= 0.3 is 12.1 Å². The Morgan fingerprint density at radius 1 is 0.913 bits per heavy atom. The summed E-state index contributed by atoms with van der Waals surface area (Å²) in [4.78, 5) is 56.6. The lowest BCUT2D eigenvalue weighted by Crippen LogP contribution is -2.61. The Kier molecular flexibility index (Phi) is 17.8. The number of esters is 1. The number of Topliss-reactive ketones (excluding diaryl/α,β-unsaturated/α-hetero) is 1. The van der Waals surface area contributed by atoms with E-state index in [0.717, 1.165) is 11.3 Å². The van der Waals surface area contributed by atoms with Crippen LogP contribution in [0.25, 0.3) is 11.3 Å². The van der Waals surface area contributed by atoms with Crippen LogP contribution in [0.1, 0.15) is 108 Å². The van der Waals surface area contributed by atoms with E-state index in [4.69, 9.17) is 37.9 Å². The third-order valence-corrected chi connectivity index (χ3v) is 15.8. The van der Waals surface area contributed by atoms with Crippen molar-refractivity contribution in [1.29, 1.82) is 0 Å². The van der Waals surface area contributed by atoms with E-state index < -0.39 is 108 Å². The van der Waals surface area contributed by atoms with Gasteiger partial charge in [-0.25, -0.2) is 9.78 Å². The van der Waals surface area contributed by atoms with Gasteiger partial charge in [0.1, 0.15) is 24.1 Å². The van der Waals surface area contributed by atoms with E-state index in [2.05, 4.69) is 9.97 Å². The first-order valence-electron chi connectivity index (χ1n) is 24.9. The number of aryl methyl sites for hydroxylation is 1. The summed E-state index contributed by atoms with van der Waals surface area (Å²) in [5.41, 5.74) is -2.01. The van der Waals surface area contributed by atoms with Crippen molar-refractivity contribution >= 4 is 17.8 Å². The maximum absolute atomic E-state index is 15.1. The minimum atomic E-state index is -1.42. The molecule has 4 aliphatic rings. The number of fused-ring (bicyclic) bond motifs is 1. The number of hydrogen-bond donors (Lipinski definition) is 2. The summed E-state index contributed by atoms with van der Waals surface area (Å²) in [5.74, 6) is -3.91. The van der Waals surface area contributed by atoms with E-state index in [-0.39, 0.29) is 37.2 Å². The van der Waals surface area contributed by atoms with Gasteiger partial charge < -0.3 is 62.5 Å². The number of nitrogens with zero attached hydrogens (tertiary/aromatic N) is 5. The highest BCUT2D eigenvalue weighted by Crippen LogP contribution is 2.45. The van der Waals surface area contributed by atoms with Gasteiger partial charge in [0.25, 0.3) is 0 Å². The molecule has 388 valence electrons. The Morgan fingerprint density at radius 3 is 2.25 bits per heavy atom. The van der Waals surface area contributed by atoms with Crippen LogP contribution in [0.2, 0.25) is 0 Å². The highest BCUT2D eigenvalue weighted by Gasteiger charge is 2.61. The van der Waals surface area contributed by atoms with Gasteiger partial charge in [0.2, 0.25) is 0 Å². The molecule has 4 fully saturated rings. The van der Waals surface area contributed by atoms with E-state index in [1.165, 1.54) is 7.11 Å². The second kappa shape index (κ2) is 22.4. The Balaban J connectivity index is 1.36. The van der Waals surface area contributed by atoms with Crippen molar-refractivity contribution in [2.24, 2.45) is 23.7 Å². The van der Waals surface area contributed by atoms with Crippen LogP contribution >= 0.6 is 0 Å². The van der Waals surface area contributed by atoms with Crippen LogP contribution in [0.15, 0.2) is 37.1 Å². The maximum Gasteiger partial charge on any atom is 0.410 e. The summed E-state index contributed by atoms with van der Waals surface area (Å²) >= 11 is 0. The van der Waals surface area contributed by atoms with Crippen molar-refractivity contribution in [2.45, 2.75) is 199 Å². The first-order valence-corrected chi connectivity index (χ1v) is 24.9. The fourth-order valence-electron chi connectivity index (χ4n) is 11.6. The summed E-state index contributed by atoms with van der Waals surface area (Å²) < 4.78 is 53.7. The molecule has 6 heterocycles. The zero-order valence-electron chi connectivity index (χ0n) is 43.4. The number of rotatable bonds is 14. The summed E-state index contributed by atoms with van der Waals surface area (Å²) in [7, 11) is 6.87. The van der Waals surface area contributed by atoms with Crippen LogP contribution in [-0.2, 0) is 54.0 Å². The van der Waals surface area contributed by atoms with Crippen LogP contribution in [0, 0.1) is 23.7 Å². The number of aliphatic hydroxyl groups is 2. The van der Waals surface area contributed by atoms with Gasteiger partial charge in [-0.1, -0.05) is 27.7 Å². The third-order valence-electron chi connectivity index (χ3n) is 15.8. The van der Waals surface area contributed by atoms with Crippen LogP contribution < -0.4 is 0 Å². The van der Waals surface area contributed by atoms with Crippen molar-refractivity contribution in [1.82, 2.24) is 24.3 Å². The van der Waals surface area contributed by atoms with Gasteiger partial charge in [-0.2, -0.15) is 0 Å². The highest BCUT2D eigenvalue weighted by molar-refractivity contribution is 5.85. The molecule has 4 saturated heterocycles. The van der Waals surface area contributed by atoms with Gasteiger partial charge in [0.15, 0.2) is 18.2 Å². The van der Waals surface area contributed by atoms with Crippen LogP contribution in [0.5, 0.6) is 0 Å². The minimum absolute atomic E-state index is 0.126. The number of carbonyl (C=O) groups is 3. The zero-order valence-corrected chi connectivity index (χ0v) is 43.4. The number of cyclic esters (lactones) is 1. The number of carbonyl (C=O) groups excluding carboxylic acids is 3. The summed E-state index contributed by atoms with van der Waals surface area (Å²) in [6, 6.07) is 2.72. The second-order valence-electron chi connectivity index (χ2n) is 21.1. The van der Waals surface area contributed by atoms with Gasteiger partial charge in [-0.05, 0) is 99.9 Å². The SMILES string of the molecule is CC[C@H]1OC(=O)[C@H](C)C(OC2C[C@@](C)(OC)[C@@H](O)[C@H](C)O2)[C@H](C)[C@@H](O[C@@H]2O[C@H](C)C[C@H](N(C)C)[C@H]2O)[C@](C)(OC)C[C@@H](C)C(=O)[C@H](C)[C@H]2N(CCCCn3cnc(-c4cccnc4)c3)C(=O)O[C@]12C. The minimum Gasteiger partial charge on any atom is -0.458 e. The molecule has 0 aliphatic carbocycles. The Labute approximate surface area is 409 Å².